The van der Waals surface area contributed by atoms with E-state index in [1.54, 1.807) is 24.3 Å². The standard InChI is InChI=1S/C23H22Cl2N6O3/c1-32-20-11-19(16(24)9-17(20)25)31-23-14(12-27)13-28-18-10-22(21(33-2)8-15(18)23)34-7-3-5-29-30-6-4-26/h4,6,8-11,13,26,29H,3,5,7H2,1-2H3,(H,28,31)/b26-4?,30-6-. The van der Waals surface area contributed by atoms with Crippen molar-refractivity contribution >= 4 is 57.9 Å². The molecule has 0 amide bonds. The van der Waals surface area contributed by atoms with E-state index in [9.17, 15) is 5.26 Å². The summed E-state index contributed by atoms with van der Waals surface area (Å²) in [6.07, 6.45) is 4.61. The molecule has 3 N–H and O–H groups in total. The molecule has 2 aromatic carbocycles. The summed E-state index contributed by atoms with van der Waals surface area (Å²) in [4.78, 5) is 4.41. The van der Waals surface area contributed by atoms with Gasteiger partial charge in [0.15, 0.2) is 11.5 Å². The number of hydrazone groups is 1. The fourth-order valence-electron chi connectivity index (χ4n) is 3.10. The molecule has 0 aliphatic carbocycles. The third-order valence-electron chi connectivity index (χ3n) is 4.71. The van der Waals surface area contributed by atoms with Crippen LogP contribution in [0.4, 0.5) is 11.4 Å². The van der Waals surface area contributed by atoms with Crippen LogP contribution < -0.4 is 25.0 Å². The summed E-state index contributed by atoms with van der Waals surface area (Å²) in [5.74, 6) is 1.45. The number of rotatable bonds is 11. The van der Waals surface area contributed by atoms with E-state index < -0.39 is 0 Å². The second kappa shape index (κ2) is 11.9. The molecule has 1 aromatic heterocycles. The van der Waals surface area contributed by atoms with Crippen LogP contribution in [-0.2, 0) is 0 Å². The molecule has 3 aromatic rings. The van der Waals surface area contributed by atoms with E-state index >= 15 is 0 Å². The quantitative estimate of drug-likeness (QED) is 0.188. The van der Waals surface area contributed by atoms with Crippen LogP contribution in [0.15, 0.2) is 35.6 Å². The largest absolute Gasteiger partial charge is 0.495 e. The summed E-state index contributed by atoms with van der Waals surface area (Å²) in [7, 11) is 3.05. The average molecular weight is 501 g/mol. The number of anilines is 2. The van der Waals surface area contributed by atoms with Gasteiger partial charge in [-0.3, -0.25) is 4.98 Å². The highest BCUT2D eigenvalue weighted by atomic mass is 35.5. The predicted octanol–water partition coefficient (Wildman–Crippen LogP) is 5.17. The molecule has 0 aliphatic rings. The highest BCUT2D eigenvalue weighted by molar-refractivity contribution is 6.37. The van der Waals surface area contributed by atoms with Crippen LogP contribution in [0.2, 0.25) is 10.0 Å². The van der Waals surface area contributed by atoms with Gasteiger partial charge in [-0.1, -0.05) is 23.2 Å². The summed E-state index contributed by atoms with van der Waals surface area (Å²) in [5.41, 5.74) is 4.77. The topological polar surface area (TPSA) is 125 Å². The van der Waals surface area contributed by atoms with Gasteiger partial charge in [0.1, 0.15) is 11.8 Å². The van der Waals surface area contributed by atoms with Crippen LogP contribution in [0.3, 0.4) is 0 Å². The second-order valence-electron chi connectivity index (χ2n) is 6.83. The summed E-state index contributed by atoms with van der Waals surface area (Å²) in [5, 5.41) is 25.0. The number of pyridine rings is 1. The van der Waals surface area contributed by atoms with Gasteiger partial charge >= 0.3 is 0 Å². The minimum absolute atomic E-state index is 0.324. The van der Waals surface area contributed by atoms with Crippen molar-refractivity contribution in [3.8, 4) is 23.3 Å². The number of aromatic nitrogens is 1. The zero-order valence-corrected chi connectivity index (χ0v) is 20.0. The molecule has 11 heteroatoms. The van der Waals surface area contributed by atoms with Gasteiger partial charge in [-0.2, -0.15) is 10.4 Å². The zero-order valence-electron chi connectivity index (χ0n) is 18.5. The van der Waals surface area contributed by atoms with Crippen LogP contribution in [0.5, 0.6) is 17.2 Å². The average Bonchev–Trinajstić information content (AvgIpc) is 2.84. The summed E-state index contributed by atoms with van der Waals surface area (Å²) in [6.45, 7) is 1.000. The van der Waals surface area contributed by atoms with Gasteiger partial charge in [-0.05, 0) is 12.1 Å². The van der Waals surface area contributed by atoms with Crippen LogP contribution in [0.1, 0.15) is 12.0 Å². The summed E-state index contributed by atoms with van der Waals surface area (Å²) >= 11 is 12.5. The Balaban J connectivity index is 1.93. The molecule has 1 heterocycles. The van der Waals surface area contributed by atoms with E-state index in [4.69, 9.17) is 42.8 Å². The second-order valence-corrected chi connectivity index (χ2v) is 7.64. The molecule has 0 saturated heterocycles. The number of hydrogen-bond acceptors (Lipinski definition) is 9. The van der Waals surface area contributed by atoms with E-state index in [0.29, 0.717) is 74.7 Å². The Kier molecular flexibility index (Phi) is 8.73. The maximum absolute atomic E-state index is 9.68. The fourth-order valence-corrected chi connectivity index (χ4v) is 3.60. The van der Waals surface area contributed by atoms with Crippen molar-refractivity contribution < 1.29 is 14.2 Å². The third-order valence-corrected chi connectivity index (χ3v) is 5.31. The van der Waals surface area contributed by atoms with Crippen molar-refractivity contribution in [2.24, 2.45) is 5.10 Å². The lowest BCUT2D eigenvalue weighted by molar-refractivity contribution is 0.288. The van der Waals surface area contributed by atoms with Gasteiger partial charge in [-0.15, -0.1) is 0 Å². The van der Waals surface area contributed by atoms with Crippen molar-refractivity contribution in [1.82, 2.24) is 10.4 Å². The molecule has 0 unspecified atom stereocenters. The number of nitriles is 1. The zero-order chi connectivity index (χ0) is 24.5. The molecule has 0 saturated carbocycles. The van der Waals surface area contributed by atoms with Crippen LogP contribution in [0, 0.1) is 16.7 Å². The lowest BCUT2D eigenvalue weighted by Crippen LogP contribution is -2.12. The van der Waals surface area contributed by atoms with Crippen LogP contribution in [-0.4, -0.2) is 44.8 Å². The molecule has 34 heavy (non-hydrogen) atoms. The van der Waals surface area contributed by atoms with Gasteiger partial charge in [-0.25, -0.2) is 0 Å². The van der Waals surface area contributed by atoms with Crippen molar-refractivity contribution in [3.05, 3.63) is 46.1 Å². The van der Waals surface area contributed by atoms with Crippen molar-refractivity contribution in [1.29, 1.82) is 10.7 Å². The number of benzene rings is 2. The van der Waals surface area contributed by atoms with Crippen LogP contribution >= 0.6 is 23.2 Å². The maximum Gasteiger partial charge on any atom is 0.163 e. The molecule has 176 valence electrons. The lowest BCUT2D eigenvalue weighted by Gasteiger charge is -2.16. The molecule has 9 nitrogen and oxygen atoms in total. The minimum atomic E-state index is 0.324. The van der Waals surface area contributed by atoms with E-state index in [0.717, 1.165) is 6.21 Å². The Labute approximate surface area is 206 Å². The van der Waals surface area contributed by atoms with Gasteiger partial charge < -0.3 is 30.4 Å². The maximum atomic E-state index is 9.68. The van der Waals surface area contributed by atoms with E-state index in [-0.39, 0.29) is 0 Å². The highest BCUT2D eigenvalue weighted by Crippen LogP contribution is 2.40. The number of nitrogens with zero attached hydrogens (tertiary/aromatic N) is 3. The molecule has 0 spiro atoms. The number of nitrogens with one attached hydrogen (secondary N) is 3. The third kappa shape index (κ3) is 5.78. The Bertz CT molecular complexity index is 1260. The van der Waals surface area contributed by atoms with Crippen molar-refractivity contribution in [2.75, 3.05) is 32.7 Å². The predicted molar refractivity (Wildman–Crippen MR) is 135 cm³/mol. The van der Waals surface area contributed by atoms with Gasteiger partial charge in [0.05, 0.1) is 59.5 Å². The first-order valence-corrected chi connectivity index (χ1v) is 10.9. The van der Waals surface area contributed by atoms with Crippen molar-refractivity contribution in [3.63, 3.8) is 0 Å². The van der Waals surface area contributed by atoms with Gasteiger partial charge in [0.2, 0.25) is 0 Å². The van der Waals surface area contributed by atoms with E-state index in [1.165, 1.54) is 26.6 Å². The molecular formula is C23H22Cl2N6O3. The Morgan fingerprint density at radius 1 is 1.12 bits per heavy atom. The summed E-state index contributed by atoms with van der Waals surface area (Å²) < 4.78 is 16.7. The Morgan fingerprint density at radius 2 is 1.91 bits per heavy atom. The normalized spacial score (nSPS) is 10.7. The van der Waals surface area contributed by atoms with Crippen LogP contribution in [0.25, 0.3) is 10.9 Å². The smallest absolute Gasteiger partial charge is 0.163 e. The number of ether oxygens (including phenoxy) is 3. The first-order valence-electron chi connectivity index (χ1n) is 10.1. The molecule has 0 aliphatic heterocycles. The van der Waals surface area contributed by atoms with Gasteiger partial charge in [0, 0.05) is 42.9 Å². The monoisotopic (exact) mass is 500 g/mol. The van der Waals surface area contributed by atoms with E-state index in [1.807, 2.05) is 0 Å². The molecule has 3 rings (SSSR count). The van der Waals surface area contributed by atoms with Gasteiger partial charge in [0.25, 0.3) is 0 Å². The van der Waals surface area contributed by atoms with Crippen molar-refractivity contribution in [2.45, 2.75) is 6.42 Å². The first-order chi connectivity index (χ1) is 16.5. The Hall–Kier alpha value is -3.74. The fraction of sp³-hybridized carbons (Fsp3) is 0.217. The molecule has 0 radical (unpaired) electrons. The lowest BCUT2D eigenvalue weighted by atomic mass is 10.1. The highest BCUT2D eigenvalue weighted by Gasteiger charge is 2.16. The number of fused-ring (bicyclic) bond motifs is 1. The summed E-state index contributed by atoms with van der Waals surface area (Å²) in [6, 6.07) is 8.89. The molecule has 0 bridgehead atoms. The molecule has 0 fully saturated rings. The Morgan fingerprint density at radius 3 is 2.62 bits per heavy atom. The first kappa shape index (κ1) is 24.9. The number of halogens is 2. The molecule has 0 atom stereocenters. The molecular weight excluding hydrogens is 479 g/mol. The SMILES string of the molecule is COc1cc(Nc2c(C#N)cnc3cc(OCCCN/N=C\C=N)c(OC)cc23)c(Cl)cc1Cl. The van der Waals surface area contributed by atoms with E-state index in [2.05, 4.69) is 26.9 Å². The number of hydrogen-bond donors (Lipinski definition) is 3. The number of methoxy groups -OCH3 is 2. The minimum Gasteiger partial charge on any atom is -0.495 e.